The van der Waals surface area contributed by atoms with Crippen LogP contribution in [0.5, 0.6) is 0 Å². The van der Waals surface area contributed by atoms with Gasteiger partial charge < -0.3 is 17.1 Å². The average Bonchev–Trinajstić information content (AvgIpc) is 1.99. The summed E-state index contributed by atoms with van der Waals surface area (Å²) in [6.45, 7) is 6.28. The van der Waals surface area contributed by atoms with Gasteiger partial charge in [-0.3, -0.25) is 0 Å². The molecular weight excluding hydrogens is 234 g/mol. The third-order valence-corrected chi connectivity index (χ3v) is 4.00. The van der Waals surface area contributed by atoms with Crippen LogP contribution in [0.4, 0.5) is 4.20 Å². The number of hydrogen-bond acceptors (Lipinski definition) is 3. The van der Waals surface area contributed by atoms with Gasteiger partial charge in [-0.05, 0) is 30.6 Å². The van der Waals surface area contributed by atoms with E-state index in [0.29, 0.717) is 11.8 Å². The predicted molar refractivity (Wildman–Crippen MR) is 61.6 cm³/mol. The van der Waals surface area contributed by atoms with Crippen LogP contribution in [0.15, 0.2) is 0 Å². The van der Waals surface area contributed by atoms with Crippen molar-refractivity contribution in [3.8, 4) is 0 Å². The molecule has 0 N–H and O–H groups in total. The maximum atomic E-state index is 12.9. The van der Waals surface area contributed by atoms with Gasteiger partial charge >= 0.3 is 0 Å². The van der Waals surface area contributed by atoms with Gasteiger partial charge in [0, 0.05) is 0 Å². The van der Waals surface area contributed by atoms with Gasteiger partial charge in [0.25, 0.3) is 0 Å². The summed E-state index contributed by atoms with van der Waals surface area (Å²) in [6.07, 6.45) is 2.66. The molecule has 0 saturated heterocycles. The first-order valence-corrected chi connectivity index (χ1v) is 8.01. The zero-order valence-corrected chi connectivity index (χ0v) is 11.2. The lowest BCUT2D eigenvalue weighted by Gasteiger charge is -2.39. The van der Waals surface area contributed by atoms with Gasteiger partial charge in [0.05, 0.1) is 0 Å². The van der Waals surface area contributed by atoms with Crippen LogP contribution in [0.2, 0.25) is 0 Å². The third-order valence-electron chi connectivity index (χ3n) is 3.22. The minimum atomic E-state index is -4.25. The predicted octanol–water partition coefficient (Wildman–Crippen LogP) is 3.02. The van der Waals surface area contributed by atoms with E-state index in [1.807, 2.05) is 0 Å². The summed E-state index contributed by atoms with van der Waals surface area (Å²) in [5.41, 5.74) is 0. The smallest absolute Gasteiger partial charge is 0.174 e. The van der Waals surface area contributed by atoms with Crippen molar-refractivity contribution >= 4 is 19.5 Å². The van der Waals surface area contributed by atoms with E-state index in [4.69, 9.17) is 4.52 Å². The molecule has 1 fully saturated rings. The second kappa shape index (κ2) is 5.31. The normalized spacial score (nSPS) is 36.6. The lowest BCUT2D eigenvalue weighted by atomic mass is 9.75. The number of rotatable bonds is 3. The highest BCUT2D eigenvalue weighted by atomic mass is 32.7. The molecule has 2 nitrogen and oxygen atoms in total. The molecule has 0 aromatic carbocycles. The highest BCUT2D eigenvalue weighted by Gasteiger charge is 2.35. The monoisotopic (exact) mass is 253 g/mol. The molecule has 0 spiro atoms. The van der Waals surface area contributed by atoms with Crippen LogP contribution in [-0.4, -0.2) is 6.10 Å². The lowest BCUT2D eigenvalue weighted by molar-refractivity contribution is -0.204. The van der Waals surface area contributed by atoms with Crippen LogP contribution in [0.1, 0.15) is 40.0 Å². The molecule has 1 rings (SSSR count). The first-order chi connectivity index (χ1) is 6.79. The van der Waals surface area contributed by atoms with Crippen molar-refractivity contribution in [2.75, 3.05) is 0 Å². The maximum Gasteiger partial charge on any atom is 0.174 e. The van der Waals surface area contributed by atoms with Crippen molar-refractivity contribution in [3.05, 3.63) is 0 Å². The van der Waals surface area contributed by atoms with Gasteiger partial charge in [-0.15, -0.1) is 0 Å². The minimum absolute atomic E-state index is 0.262. The maximum absolute atomic E-state index is 12.9. The summed E-state index contributed by atoms with van der Waals surface area (Å²) >= 11 is 4.21. The molecule has 0 heterocycles. The molecule has 0 bridgehead atoms. The third kappa shape index (κ3) is 4.56. The summed E-state index contributed by atoms with van der Waals surface area (Å²) < 4.78 is 17.8. The fraction of sp³-hybridized carbons (Fsp3) is 1.00. The largest absolute Gasteiger partial charge is 0.644 e. The van der Waals surface area contributed by atoms with Crippen molar-refractivity contribution in [2.24, 2.45) is 17.8 Å². The first-order valence-electron chi connectivity index (χ1n) is 5.48. The van der Waals surface area contributed by atoms with Crippen molar-refractivity contribution in [1.82, 2.24) is 0 Å². The van der Waals surface area contributed by atoms with E-state index in [2.05, 4.69) is 33.0 Å². The van der Waals surface area contributed by atoms with Gasteiger partial charge in [0.15, 0.2) is 7.23 Å². The average molecular weight is 253 g/mol. The van der Waals surface area contributed by atoms with Gasteiger partial charge in [0.1, 0.15) is 6.10 Å². The molecule has 0 radical (unpaired) electrons. The highest BCUT2D eigenvalue weighted by Crippen LogP contribution is 2.54. The van der Waals surface area contributed by atoms with Gasteiger partial charge in [-0.1, -0.05) is 31.4 Å². The molecule has 0 amide bonds. The summed E-state index contributed by atoms with van der Waals surface area (Å²) in [5.74, 6) is 1.21. The van der Waals surface area contributed by atoms with Crippen LogP contribution in [-0.2, 0) is 16.8 Å². The molecule has 90 valence electrons. The molecular formula is C10H19FO2PS-. The fourth-order valence-corrected chi connectivity index (χ4v) is 3.30. The second-order valence-corrected chi connectivity index (χ2v) is 7.28. The van der Waals surface area contributed by atoms with E-state index in [-0.39, 0.29) is 12.0 Å². The molecule has 5 heteroatoms. The van der Waals surface area contributed by atoms with Gasteiger partial charge in [-0.2, -0.15) is 0 Å². The van der Waals surface area contributed by atoms with Crippen LogP contribution in [0.25, 0.3) is 0 Å². The zero-order chi connectivity index (χ0) is 11.6. The molecule has 0 aliphatic heterocycles. The Labute approximate surface area is 97.4 Å². The van der Waals surface area contributed by atoms with E-state index in [9.17, 15) is 9.09 Å². The van der Waals surface area contributed by atoms with E-state index < -0.39 is 7.23 Å². The van der Waals surface area contributed by atoms with Crippen molar-refractivity contribution in [2.45, 2.75) is 46.1 Å². The summed E-state index contributed by atoms with van der Waals surface area (Å²) in [6, 6.07) is 0. The topological polar surface area (TPSA) is 32.3 Å². The first kappa shape index (κ1) is 13.7. The summed E-state index contributed by atoms with van der Waals surface area (Å²) in [7, 11) is -4.25. The summed E-state index contributed by atoms with van der Waals surface area (Å²) in [4.78, 5) is 10.9. The Bertz CT molecular complexity index is 208. The van der Waals surface area contributed by atoms with Gasteiger partial charge in [-0.25, -0.2) is 4.52 Å². The van der Waals surface area contributed by atoms with Crippen LogP contribution >= 0.6 is 7.23 Å². The molecule has 1 aliphatic rings. The van der Waals surface area contributed by atoms with Crippen LogP contribution in [0.3, 0.4) is 0 Å². The van der Waals surface area contributed by atoms with E-state index in [0.717, 1.165) is 19.3 Å². The lowest BCUT2D eigenvalue weighted by Crippen LogP contribution is -2.34. The van der Waals surface area contributed by atoms with E-state index >= 15 is 0 Å². The Hall–Kier alpha value is 0.630. The molecule has 0 aromatic rings. The molecule has 0 aromatic heterocycles. The Morgan fingerprint density at radius 1 is 1.47 bits per heavy atom. The summed E-state index contributed by atoms with van der Waals surface area (Å²) in [5, 5.41) is 0. The van der Waals surface area contributed by atoms with E-state index in [1.165, 1.54) is 0 Å². The van der Waals surface area contributed by atoms with Crippen molar-refractivity contribution < 1.29 is 13.6 Å². The fourth-order valence-electron chi connectivity index (χ4n) is 2.40. The zero-order valence-electron chi connectivity index (χ0n) is 9.48. The Balaban J connectivity index is 2.62. The molecule has 4 atom stereocenters. The van der Waals surface area contributed by atoms with Crippen molar-refractivity contribution in [1.29, 1.82) is 0 Å². The quantitative estimate of drug-likeness (QED) is 0.572. The molecule has 1 unspecified atom stereocenters. The Kier molecular flexibility index (Phi) is 4.85. The number of halogens is 1. The molecule has 15 heavy (non-hydrogen) atoms. The van der Waals surface area contributed by atoms with E-state index in [1.54, 1.807) is 0 Å². The number of hydrogen-bond donors (Lipinski definition) is 0. The standard InChI is InChI=1S/C10H20FO2PS/c1-7(2)9-5-4-8(3)6-10(9)13-14(11,12)15/h7-10H,4-6H2,1-3H3,(H,12,15)/p-1/t8-,9+,10-,14?/m1/s1. The van der Waals surface area contributed by atoms with Crippen molar-refractivity contribution in [3.63, 3.8) is 0 Å². The second-order valence-electron chi connectivity index (χ2n) is 4.90. The molecule has 1 saturated carbocycles. The van der Waals surface area contributed by atoms with Crippen LogP contribution < -0.4 is 4.89 Å². The SMILES string of the molecule is CC(C)[C@@H]1CC[C@@H](C)C[C@H]1O[P+]([O-])(F)[S-]. The Morgan fingerprint density at radius 3 is 2.53 bits per heavy atom. The Morgan fingerprint density at radius 2 is 2.07 bits per heavy atom. The minimum Gasteiger partial charge on any atom is -0.644 e. The van der Waals surface area contributed by atoms with Crippen LogP contribution in [0, 0.1) is 17.8 Å². The molecule has 1 aliphatic carbocycles. The highest BCUT2D eigenvalue weighted by molar-refractivity contribution is 8.34. The van der Waals surface area contributed by atoms with Gasteiger partial charge in [0.2, 0.25) is 0 Å².